The number of rotatable bonds is 2. The number of aryl methyl sites for hydroxylation is 1. The fourth-order valence-corrected chi connectivity index (χ4v) is 2.39. The van der Waals surface area contributed by atoms with Crippen LogP contribution in [0.5, 0.6) is 0 Å². The molecule has 2 N–H and O–H groups in total. The Balaban J connectivity index is 1.87. The van der Waals surface area contributed by atoms with Crippen LogP contribution in [0.4, 0.5) is 5.82 Å². The maximum atomic E-state index is 5.87. The van der Waals surface area contributed by atoms with Gasteiger partial charge in [-0.15, -0.1) is 0 Å². The molecule has 3 heterocycles. The molecule has 3 rings (SSSR count). The van der Waals surface area contributed by atoms with Crippen molar-refractivity contribution in [2.75, 3.05) is 18.9 Å². The van der Waals surface area contributed by atoms with Gasteiger partial charge in [0.25, 0.3) is 0 Å². The number of hydrogen-bond donors (Lipinski definition) is 1. The van der Waals surface area contributed by atoms with Gasteiger partial charge in [-0.05, 0) is 31.9 Å². The molecule has 0 unspecified atom stereocenters. The minimum Gasteiger partial charge on any atom is -0.440 e. The van der Waals surface area contributed by atoms with E-state index in [0.29, 0.717) is 11.7 Å². The third-order valence-corrected chi connectivity index (χ3v) is 3.35. The second-order valence-electron chi connectivity index (χ2n) is 4.87. The molecule has 1 aliphatic heterocycles. The molecule has 5 nitrogen and oxygen atoms in total. The van der Waals surface area contributed by atoms with Crippen LogP contribution in [0.25, 0.3) is 11.3 Å². The van der Waals surface area contributed by atoms with E-state index in [0.717, 1.165) is 49.0 Å². The van der Waals surface area contributed by atoms with Crippen LogP contribution >= 0.6 is 0 Å². The quantitative estimate of drug-likeness (QED) is 0.897. The molecular weight excluding hydrogens is 242 g/mol. The molecule has 2 aromatic heterocycles. The summed E-state index contributed by atoms with van der Waals surface area (Å²) in [5.74, 6) is 2.41. The molecule has 0 atom stereocenters. The lowest BCUT2D eigenvalue weighted by Gasteiger charge is -2.18. The first-order valence-electron chi connectivity index (χ1n) is 6.50. The lowest BCUT2D eigenvalue weighted by atomic mass is 10.0. The highest BCUT2D eigenvalue weighted by atomic mass is 16.5. The van der Waals surface area contributed by atoms with Gasteiger partial charge in [0, 0.05) is 30.4 Å². The van der Waals surface area contributed by atoms with Gasteiger partial charge in [0.05, 0.1) is 6.20 Å². The lowest BCUT2D eigenvalue weighted by Crippen LogP contribution is -2.14. The molecule has 1 saturated heterocycles. The van der Waals surface area contributed by atoms with Crippen LogP contribution in [-0.4, -0.2) is 23.2 Å². The molecule has 0 spiro atoms. The third-order valence-electron chi connectivity index (χ3n) is 3.35. The van der Waals surface area contributed by atoms with Crippen LogP contribution in [0.3, 0.4) is 0 Å². The first-order chi connectivity index (χ1) is 9.22. The Labute approximate surface area is 111 Å². The summed E-state index contributed by atoms with van der Waals surface area (Å²) in [4.78, 5) is 8.55. The van der Waals surface area contributed by atoms with Crippen molar-refractivity contribution < 1.29 is 9.15 Å². The van der Waals surface area contributed by atoms with E-state index in [4.69, 9.17) is 14.9 Å². The number of anilines is 1. The van der Waals surface area contributed by atoms with Gasteiger partial charge in [-0.25, -0.2) is 9.97 Å². The van der Waals surface area contributed by atoms with Crippen LogP contribution in [0, 0.1) is 6.92 Å². The normalized spacial score (nSPS) is 16.7. The number of nitrogens with zero attached hydrogens (tertiary/aromatic N) is 2. The van der Waals surface area contributed by atoms with E-state index in [2.05, 4.69) is 9.97 Å². The monoisotopic (exact) mass is 259 g/mol. The Morgan fingerprint density at radius 1 is 1.26 bits per heavy atom. The van der Waals surface area contributed by atoms with Crippen LogP contribution in [0.15, 0.2) is 22.7 Å². The highest BCUT2D eigenvalue weighted by Gasteiger charge is 2.21. The molecule has 0 aliphatic carbocycles. The van der Waals surface area contributed by atoms with E-state index in [1.165, 1.54) is 0 Å². The zero-order valence-corrected chi connectivity index (χ0v) is 10.9. The zero-order valence-electron chi connectivity index (χ0n) is 10.9. The molecular formula is C14H17N3O2. The van der Waals surface area contributed by atoms with E-state index in [1.807, 2.05) is 13.0 Å². The average molecular weight is 259 g/mol. The van der Waals surface area contributed by atoms with E-state index in [-0.39, 0.29) is 0 Å². The van der Waals surface area contributed by atoms with Gasteiger partial charge < -0.3 is 14.9 Å². The van der Waals surface area contributed by atoms with Crippen molar-refractivity contribution in [1.29, 1.82) is 0 Å². The van der Waals surface area contributed by atoms with E-state index >= 15 is 0 Å². The Bertz CT molecular complexity index is 554. The smallest absolute Gasteiger partial charge is 0.198 e. The molecule has 2 aromatic rings. The van der Waals surface area contributed by atoms with Gasteiger partial charge in [-0.3, -0.25) is 0 Å². The standard InChI is InChI=1S/C14H17N3O2/c1-9-6-11(7-13(15)17-9)12-8-16-14(19-12)10-2-4-18-5-3-10/h6-8,10H,2-5H2,1H3,(H2,15,17). The topological polar surface area (TPSA) is 74.2 Å². The number of oxazole rings is 1. The predicted molar refractivity (Wildman–Crippen MR) is 71.7 cm³/mol. The molecule has 5 heteroatoms. The van der Waals surface area contributed by atoms with Crippen molar-refractivity contribution in [2.24, 2.45) is 0 Å². The average Bonchev–Trinajstić information content (AvgIpc) is 2.88. The molecule has 1 fully saturated rings. The summed E-state index contributed by atoms with van der Waals surface area (Å²) in [7, 11) is 0. The molecule has 19 heavy (non-hydrogen) atoms. The van der Waals surface area contributed by atoms with Gasteiger partial charge in [0.15, 0.2) is 11.7 Å². The minimum absolute atomic E-state index is 0.364. The number of nitrogen functional groups attached to an aromatic ring is 1. The third kappa shape index (κ3) is 2.61. The molecule has 0 aromatic carbocycles. The fourth-order valence-electron chi connectivity index (χ4n) is 2.39. The predicted octanol–water partition coefficient (Wildman–Crippen LogP) is 2.52. The first kappa shape index (κ1) is 12.2. The number of pyridine rings is 1. The Kier molecular flexibility index (Phi) is 3.21. The highest BCUT2D eigenvalue weighted by molar-refractivity contribution is 5.60. The maximum absolute atomic E-state index is 5.87. The number of nitrogens with two attached hydrogens (primary N) is 1. The van der Waals surface area contributed by atoms with Crippen molar-refractivity contribution in [3.63, 3.8) is 0 Å². The molecule has 100 valence electrons. The largest absolute Gasteiger partial charge is 0.440 e. The second-order valence-corrected chi connectivity index (χ2v) is 4.87. The fraction of sp³-hybridized carbons (Fsp3) is 0.429. The summed E-state index contributed by atoms with van der Waals surface area (Å²) < 4.78 is 11.2. The first-order valence-corrected chi connectivity index (χ1v) is 6.50. The van der Waals surface area contributed by atoms with E-state index in [9.17, 15) is 0 Å². The molecule has 0 radical (unpaired) electrons. The van der Waals surface area contributed by atoms with E-state index in [1.54, 1.807) is 12.3 Å². The van der Waals surface area contributed by atoms with Crippen molar-refractivity contribution in [3.8, 4) is 11.3 Å². The van der Waals surface area contributed by atoms with Gasteiger partial charge in [-0.2, -0.15) is 0 Å². The van der Waals surface area contributed by atoms with Crippen molar-refractivity contribution in [3.05, 3.63) is 29.9 Å². The van der Waals surface area contributed by atoms with Crippen LogP contribution < -0.4 is 5.73 Å². The highest BCUT2D eigenvalue weighted by Crippen LogP contribution is 2.30. The lowest BCUT2D eigenvalue weighted by molar-refractivity contribution is 0.0796. The summed E-state index contributed by atoms with van der Waals surface area (Å²) >= 11 is 0. The summed E-state index contributed by atoms with van der Waals surface area (Å²) in [5.41, 5.74) is 7.56. The molecule has 0 bridgehead atoms. The SMILES string of the molecule is Cc1cc(-c2cnc(C3CCOCC3)o2)cc(N)n1. The van der Waals surface area contributed by atoms with Crippen molar-refractivity contribution >= 4 is 5.82 Å². The Morgan fingerprint density at radius 3 is 2.79 bits per heavy atom. The van der Waals surface area contributed by atoms with Gasteiger partial charge in [-0.1, -0.05) is 0 Å². The summed E-state index contributed by atoms with van der Waals surface area (Å²) in [6.45, 7) is 3.48. The number of hydrogen-bond acceptors (Lipinski definition) is 5. The summed E-state index contributed by atoms with van der Waals surface area (Å²) in [6, 6.07) is 3.76. The van der Waals surface area contributed by atoms with Crippen molar-refractivity contribution in [2.45, 2.75) is 25.7 Å². The van der Waals surface area contributed by atoms with Gasteiger partial charge in [0.2, 0.25) is 0 Å². The molecule has 0 saturated carbocycles. The Morgan fingerprint density at radius 2 is 2.05 bits per heavy atom. The van der Waals surface area contributed by atoms with E-state index < -0.39 is 0 Å². The second kappa shape index (κ2) is 5.01. The van der Waals surface area contributed by atoms with Gasteiger partial charge >= 0.3 is 0 Å². The molecule has 1 aliphatic rings. The summed E-state index contributed by atoms with van der Waals surface area (Å²) in [5, 5.41) is 0. The maximum Gasteiger partial charge on any atom is 0.198 e. The number of ether oxygens (including phenoxy) is 1. The Hall–Kier alpha value is -1.88. The van der Waals surface area contributed by atoms with Crippen LogP contribution in [0.1, 0.15) is 30.3 Å². The zero-order chi connectivity index (χ0) is 13.2. The van der Waals surface area contributed by atoms with Crippen LogP contribution in [-0.2, 0) is 4.74 Å². The van der Waals surface area contributed by atoms with Crippen LogP contribution in [0.2, 0.25) is 0 Å². The summed E-state index contributed by atoms with van der Waals surface area (Å²) in [6.07, 6.45) is 3.70. The number of aromatic nitrogens is 2. The van der Waals surface area contributed by atoms with Gasteiger partial charge in [0.1, 0.15) is 5.82 Å². The molecule has 0 amide bonds. The van der Waals surface area contributed by atoms with Crippen molar-refractivity contribution in [1.82, 2.24) is 9.97 Å². The minimum atomic E-state index is 0.364.